The molecule has 7 heteroatoms. The van der Waals surface area contributed by atoms with Gasteiger partial charge in [-0.15, -0.1) is 0 Å². The molecule has 2 aromatic carbocycles. The number of carbonyl (C=O) groups excluding carboxylic acids is 2. The Morgan fingerprint density at radius 3 is 2.46 bits per heavy atom. The van der Waals surface area contributed by atoms with E-state index in [4.69, 9.17) is 21.1 Å². The Kier molecular flexibility index (Phi) is 6.09. The number of nitrogens with zero attached hydrogens (tertiary/aromatic N) is 1. The second-order valence-electron chi connectivity index (χ2n) is 6.68. The van der Waals surface area contributed by atoms with Crippen molar-refractivity contribution in [1.29, 1.82) is 0 Å². The average Bonchev–Trinajstić information content (AvgIpc) is 2.70. The largest absolute Gasteiger partial charge is 0.495 e. The van der Waals surface area contributed by atoms with Gasteiger partial charge in [0.25, 0.3) is 0 Å². The summed E-state index contributed by atoms with van der Waals surface area (Å²) in [7, 11) is 4.76. The van der Waals surface area contributed by atoms with Gasteiger partial charge in [0.05, 0.1) is 36.9 Å². The summed E-state index contributed by atoms with van der Waals surface area (Å²) in [4.78, 5) is 27.1. The lowest BCUT2D eigenvalue weighted by atomic mass is 9.84. The molecule has 2 amide bonds. The van der Waals surface area contributed by atoms with Crippen molar-refractivity contribution in [3.05, 3.63) is 53.1 Å². The Balaban J connectivity index is 1.90. The van der Waals surface area contributed by atoms with E-state index >= 15 is 0 Å². The molecule has 0 aliphatic carbocycles. The fourth-order valence-electron chi connectivity index (χ4n) is 3.60. The van der Waals surface area contributed by atoms with Gasteiger partial charge < -0.3 is 19.7 Å². The average molecular weight is 403 g/mol. The molecule has 1 fully saturated rings. The van der Waals surface area contributed by atoms with Gasteiger partial charge in [-0.25, -0.2) is 0 Å². The van der Waals surface area contributed by atoms with Crippen LogP contribution in [-0.2, 0) is 9.59 Å². The molecule has 148 valence electrons. The Hall–Kier alpha value is -2.73. The number of amides is 2. The Morgan fingerprint density at radius 1 is 1.14 bits per heavy atom. The third-order valence-corrected chi connectivity index (χ3v) is 5.37. The minimum atomic E-state index is -0.393. The van der Waals surface area contributed by atoms with Gasteiger partial charge in [-0.1, -0.05) is 41.9 Å². The Morgan fingerprint density at radius 2 is 1.82 bits per heavy atom. The first-order chi connectivity index (χ1) is 13.5. The summed E-state index contributed by atoms with van der Waals surface area (Å²) in [6.45, 7) is 0. The van der Waals surface area contributed by atoms with Gasteiger partial charge in [0, 0.05) is 19.5 Å². The van der Waals surface area contributed by atoms with Crippen LogP contribution in [0.5, 0.6) is 11.5 Å². The minimum absolute atomic E-state index is 0.0305. The second kappa shape index (κ2) is 8.52. The van der Waals surface area contributed by atoms with Crippen LogP contribution in [0.4, 0.5) is 5.69 Å². The molecule has 0 radical (unpaired) electrons. The number of anilines is 1. The number of nitrogens with one attached hydrogen (secondary N) is 1. The van der Waals surface area contributed by atoms with E-state index in [1.165, 1.54) is 14.2 Å². The van der Waals surface area contributed by atoms with Gasteiger partial charge >= 0.3 is 0 Å². The number of ether oxygens (including phenoxy) is 2. The zero-order valence-corrected chi connectivity index (χ0v) is 16.8. The second-order valence-corrected chi connectivity index (χ2v) is 7.09. The number of hydrogen-bond acceptors (Lipinski definition) is 4. The third kappa shape index (κ3) is 3.92. The van der Waals surface area contributed by atoms with Gasteiger partial charge in [0.1, 0.15) is 11.5 Å². The van der Waals surface area contributed by atoms with Crippen LogP contribution in [0, 0.1) is 5.92 Å². The lowest BCUT2D eigenvalue weighted by molar-refractivity contribution is -0.140. The molecule has 0 spiro atoms. The summed E-state index contributed by atoms with van der Waals surface area (Å²) in [6, 6.07) is 12.5. The number of hydrogen-bond donors (Lipinski definition) is 1. The zero-order valence-electron chi connectivity index (χ0n) is 16.1. The van der Waals surface area contributed by atoms with Crippen LogP contribution >= 0.6 is 11.6 Å². The summed E-state index contributed by atoms with van der Waals surface area (Å²) >= 11 is 6.21. The molecule has 2 atom stereocenters. The van der Waals surface area contributed by atoms with E-state index < -0.39 is 5.92 Å². The molecule has 1 aliphatic heterocycles. The maximum absolute atomic E-state index is 13.2. The number of piperidine rings is 1. The van der Waals surface area contributed by atoms with Crippen molar-refractivity contribution in [3.8, 4) is 11.5 Å². The summed E-state index contributed by atoms with van der Waals surface area (Å²) < 4.78 is 10.6. The van der Waals surface area contributed by atoms with Gasteiger partial charge in [0.2, 0.25) is 11.8 Å². The summed E-state index contributed by atoms with van der Waals surface area (Å²) in [5.41, 5.74) is 1.39. The molecule has 1 heterocycles. The summed E-state index contributed by atoms with van der Waals surface area (Å²) in [5, 5.41) is 3.29. The number of benzene rings is 2. The van der Waals surface area contributed by atoms with Crippen molar-refractivity contribution < 1.29 is 19.1 Å². The monoisotopic (exact) mass is 402 g/mol. The number of methoxy groups -OCH3 is 2. The molecule has 0 aromatic heterocycles. The molecule has 1 aliphatic rings. The first-order valence-electron chi connectivity index (χ1n) is 8.99. The van der Waals surface area contributed by atoms with Crippen molar-refractivity contribution in [3.63, 3.8) is 0 Å². The van der Waals surface area contributed by atoms with Crippen molar-refractivity contribution in [2.45, 2.75) is 18.9 Å². The van der Waals surface area contributed by atoms with Gasteiger partial charge in [0.15, 0.2) is 0 Å². The van der Waals surface area contributed by atoms with Gasteiger partial charge in [-0.05, 0) is 18.1 Å². The summed E-state index contributed by atoms with van der Waals surface area (Å²) in [5.74, 6) is 0.360. The predicted molar refractivity (Wildman–Crippen MR) is 108 cm³/mol. The molecule has 6 nitrogen and oxygen atoms in total. The van der Waals surface area contributed by atoms with E-state index in [1.807, 2.05) is 30.3 Å². The van der Waals surface area contributed by atoms with Crippen LogP contribution in [0.3, 0.4) is 0 Å². The van der Waals surface area contributed by atoms with Crippen LogP contribution in [0.2, 0.25) is 5.02 Å². The fraction of sp³-hybridized carbons (Fsp3) is 0.333. The highest BCUT2D eigenvalue weighted by atomic mass is 35.5. The van der Waals surface area contributed by atoms with Gasteiger partial charge in [-0.2, -0.15) is 0 Å². The molecular formula is C21H23ClN2O4. The van der Waals surface area contributed by atoms with Crippen LogP contribution in [-0.4, -0.2) is 38.0 Å². The molecule has 0 unspecified atom stereocenters. The lowest BCUT2D eigenvalue weighted by Gasteiger charge is -2.38. The first-order valence-corrected chi connectivity index (χ1v) is 9.37. The van der Waals surface area contributed by atoms with Crippen LogP contribution < -0.4 is 14.8 Å². The van der Waals surface area contributed by atoms with E-state index in [-0.39, 0.29) is 17.9 Å². The maximum Gasteiger partial charge on any atom is 0.230 e. The highest BCUT2D eigenvalue weighted by Crippen LogP contribution is 2.39. The number of likely N-dealkylation sites (tertiary alicyclic amines) is 1. The quantitative estimate of drug-likeness (QED) is 0.823. The molecular weight excluding hydrogens is 380 g/mol. The lowest BCUT2D eigenvalue weighted by Crippen LogP contribution is -2.44. The van der Waals surface area contributed by atoms with Crippen LogP contribution in [0.1, 0.15) is 24.4 Å². The number of halogens is 1. The smallest absolute Gasteiger partial charge is 0.230 e. The normalized spacial score (nSPS) is 19.3. The van der Waals surface area contributed by atoms with Crippen molar-refractivity contribution >= 4 is 29.1 Å². The Labute approximate surface area is 169 Å². The maximum atomic E-state index is 13.2. The molecule has 2 aromatic rings. The van der Waals surface area contributed by atoms with Crippen molar-refractivity contribution in [2.75, 3.05) is 26.6 Å². The number of rotatable bonds is 5. The fourth-order valence-corrected chi connectivity index (χ4v) is 3.84. The first kappa shape index (κ1) is 20.0. The zero-order chi connectivity index (χ0) is 20.3. The van der Waals surface area contributed by atoms with Crippen molar-refractivity contribution in [2.24, 2.45) is 5.92 Å². The predicted octanol–water partition coefficient (Wildman–Crippen LogP) is 3.91. The van der Waals surface area contributed by atoms with E-state index in [0.29, 0.717) is 35.1 Å². The third-order valence-electron chi connectivity index (χ3n) is 5.07. The van der Waals surface area contributed by atoms with E-state index in [2.05, 4.69) is 5.32 Å². The topological polar surface area (TPSA) is 67.9 Å². The summed E-state index contributed by atoms with van der Waals surface area (Å²) in [6.07, 6.45) is 0.805. The van der Waals surface area contributed by atoms with E-state index in [0.717, 1.165) is 5.56 Å². The van der Waals surface area contributed by atoms with Gasteiger partial charge in [-0.3, -0.25) is 9.59 Å². The van der Waals surface area contributed by atoms with Crippen molar-refractivity contribution in [1.82, 2.24) is 4.90 Å². The van der Waals surface area contributed by atoms with E-state index in [9.17, 15) is 9.59 Å². The SMILES string of the molecule is COc1cc(OC)c(NC(=O)[C@@H]2CCC(=O)N(C)[C@@H]2c2ccccc2)cc1Cl. The molecule has 1 N–H and O–H groups in total. The van der Waals surface area contributed by atoms with Crippen LogP contribution in [0.25, 0.3) is 0 Å². The number of carbonyl (C=O) groups is 2. The molecule has 0 bridgehead atoms. The van der Waals surface area contributed by atoms with Crippen LogP contribution in [0.15, 0.2) is 42.5 Å². The highest BCUT2D eigenvalue weighted by molar-refractivity contribution is 6.32. The minimum Gasteiger partial charge on any atom is -0.495 e. The molecule has 3 rings (SSSR count). The molecule has 0 saturated carbocycles. The molecule has 1 saturated heterocycles. The molecule has 28 heavy (non-hydrogen) atoms. The van der Waals surface area contributed by atoms with E-state index in [1.54, 1.807) is 24.1 Å². The standard InChI is InChI=1S/C21H23ClN2O4/c1-24-19(25)10-9-14(20(24)13-7-5-4-6-8-13)21(26)23-16-11-15(22)17(27-2)12-18(16)28-3/h4-8,11-12,14,20H,9-10H2,1-3H3,(H,23,26)/t14-,20-/m1/s1. The Bertz CT molecular complexity index is 872. The highest BCUT2D eigenvalue weighted by Gasteiger charge is 2.39.